The summed E-state index contributed by atoms with van der Waals surface area (Å²) in [6.45, 7) is 30.5. The number of rotatable bonds is 1. The molecule has 0 atom stereocenters. The smallest absolute Gasteiger partial charge is 0.0860 e. The zero-order chi connectivity index (χ0) is 17.9. The highest BCUT2D eigenvalue weighted by Crippen LogP contribution is 2.23. The minimum atomic E-state index is 0.250. The summed E-state index contributed by atoms with van der Waals surface area (Å²) >= 11 is 0. The quantitative estimate of drug-likeness (QED) is 0.371. The van der Waals surface area contributed by atoms with E-state index in [4.69, 9.17) is 4.74 Å². The molecule has 1 heterocycles. The minimum Gasteiger partial charge on any atom is -0.370 e. The third-order valence-corrected chi connectivity index (χ3v) is 1.74. The Hall–Kier alpha value is -0.300. The van der Waals surface area contributed by atoms with E-state index in [-0.39, 0.29) is 5.60 Å². The average molecular weight is 301 g/mol. The molecule has 0 aromatic heterocycles. The van der Waals surface area contributed by atoms with E-state index in [9.17, 15) is 0 Å². The van der Waals surface area contributed by atoms with Gasteiger partial charge >= 0.3 is 0 Å². The van der Waals surface area contributed by atoms with Gasteiger partial charge in [-0.05, 0) is 51.4 Å². The van der Waals surface area contributed by atoms with Gasteiger partial charge in [-0.3, -0.25) is 0 Å². The fourth-order valence-electron chi connectivity index (χ4n) is 1.37. The van der Waals surface area contributed by atoms with Gasteiger partial charge in [-0.15, -0.1) is 6.58 Å². The Labute approximate surface area is 136 Å². The van der Waals surface area contributed by atoms with Crippen molar-refractivity contribution < 1.29 is 4.74 Å². The highest BCUT2D eigenvalue weighted by atomic mass is 16.6. The lowest BCUT2D eigenvalue weighted by molar-refractivity contribution is 0.320. The van der Waals surface area contributed by atoms with Gasteiger partial charge in [0.15, 0.2) is 0 Å². The number of ether oxygens (including phenoxy) is 1. The molecule has 1 rings (SSSR count). The van der Waals surface area contributed by atoms with Gasteiger partial charge in [0.1, 0.15) is 0 Å². The molecule has 1 aliphatic heterocycles. The van der Waals surface area contributed by atoms with Crippen molar-refractivity contribution in [2.24, 2.45) is 17.3 Å². The lowest BCUT2D eigenvalue weighted by Crippen LogP contribution is -2.08. The first-order valence-electron chi connectivity index (χ1n) is 8.35. The van der Waals surface area contributed by atoms with Crippen molar-refractivity contribution in [2.45, 2.75) is 95.1 Å². The van der Waals surface area contributed by atoms with E-state index in [2.05, 4.69) is 75.8 Å². The molecule has 0 aromatic rings. The van der Waals surface area contributed by atoms with Crippen molar-refractivity contribution in [3.8, 4) is 0 Å². The van der Waals surface area contributed by atoms with Gasteiger partial charge in [0.2, 0.25) is 0 Å². The zero-order valence-corrected chi connectivity index (χ0v) is 17.2. The molecule has 130 valence electrons. The molecule has 21 heavy (non-hydrogen) atoms. The second-order valence-corrected chi connectivity index (χ2v) is 9.15. The summed E-state index contributed by atoms with van der Waals surface area (Å²) in [4.78, 5) is 0. The maximum atomic E-state index is 4.90. The fraction of sp³-hybridized carbons (Fsp3) is 0.900. The van der Waals surface area contributed by atoms with Crippen LogP contribution in [0.25, 0.3) is 0 Å². The predicted molar refractivity (Wildman–Crippen MR) is 99.9 cm³/mol. The minimum absolute atomic E-state index is 0.250. The van der Waals surface area contributed by atoms with Gasteiger partial charge in [-0.1, -0.05) is 61.0 Å². The van der Waals surface area contributed by atoms with Crippen molar-refractivity contribution >= 4 is 0 Å². The second kappa shape index (κ2) is 12.3. The van der Waals surface area contributed by atoms with Crippen LogP contribution in [0.2, 0.25) is 0 Å². The van der Waals surface area contributed by atoms with E-state index in [1.54, 1.807) is 0 Å². The van der Waals surface area contributed by atoms with E-state index in [1.807, 2.05) is 13.8 Å². The predicted octanol–water partition coefficient (Wildman–Crippen LogP) is 7.12. The van der Waals surface area contributed by atoms with E-state index < -0.39 is 0 Å². The summed E-state index contributed by atoms with van der Waals surface area (Å²) in [6.07, 6.45) is 1.33. The molecular weight excluding hydrogens is 256 g/mol. The standard InChI is InChI=1S/C8H18.C4H8O.C4H10.C4H8/c1-7(2)6-8(3,4)5;1-4(2)3-5-4;2*1-4(2)3/h7H,6H2,1-5H3;3H2,1-2H3;4H,1-3H3;1H2,2-3H3. The topological polar surface area (TPSA) is 12.5 Å². The monoisotopic (exact) mass is 300 g/mol. The van der Waals surface area contributed by atoms with Crippen LogP contribution in [0.1, 0.15) is 89.5 Å². The summed E-state index contributed by atoms with van der Waals surface area (Å²) in [6, 6.07) is 0. The first-order chi connectivity index (χ1) is 9.09. The molecule has 0 amide bonds. The summed E-state index contributed by atoms with van der Waals surface area (Å²) in [5.41, 5.74) is 1.94. The van der Waals surface area contributed by atoms with Crippen LogP contribution in [0.4, 0.5) is 0 Å². The van der Waals surface area contributed by atoms with Gasteiger partial charge in [-0.25, -0.2) is 0 Å². The molecule has 0 saturated carbocycles. The molecule has 0 N–H and O–H groups in total. The lowest BCUT2D eigenvalue weighted by atomic mass is 9.86. The number of allylic oxidation sites excluding steroid dienone is 1. The van der Waals surface area contributed by atoms with Gasteiger partial charge in [0.05, 0.1) is 12.2 Å². The van der Waals surface area contributed by atoms with E-state index in [0.717, 1.165) is 18.4 Å². The number of epoxide rings is 1. The van der Waals surface area contributed by atoms with Crippen molar-refractivity contribution in [3.05, 3.63) is 12.2 Å². The summed E-state index contributed by atoms with van der Waals surface area (Å²) in [5, 5.41) is 0. The molecule has 0 aliphatic carbocycles. The maximum absolute atomic E-state index is 4.90. The average Bonchev–Trinajstić information content (AvgIpc) is 2.74. The van der Waals surface area contributed by atoms with Crippen LogP contribution >= 0.6 is 0 Å². The highest BCUT2D eigenvalue weighted by molar-refractivity contribution is 4.79. The van der Waals surface area contributed by atoms with Crippen molar-refractivity contribution in [3.63, 3.8) is 0 Å². The van der Waals surface area contributed by atoms with Gasteiger partial charge in [0.25, 0.3) is 0 Å². The molecule has 1 saturated heterocycles. The van der Waals surface area contributed by atoms with E-state index in [1.165, 1.54) is 12.0 Å². The van der Waals surface area contributed by atoms with E-state index >= 15 is 0 Å². The van der Waals surface area contributed by atoms with Gasteiger partial charge in [-0.2, -0.15) is 0 Å². The van der Waals surface area contributed by atoms with Crippen molar-refractivity contribution in [1.29, 1.82) is 0 Å². The first-order valence-corrected chi connectivity index (χ1v) is 8.35. The SMILES string of the molecule is C=C(C)C.CC(C)C.CC(C)CC(C)(C)C.CC1(C)CO1. The van der Waals surface area contributed by atoms with Crippen LogP contribution in [-0.2, 0) is 4.74 Å². The van der Waals surface area contributed by atoms with E-state index in [0.29, 0.717) is 5.41 Å². The van der Waals surface area contributed by atoms with Crippen molar-refractivity contribution in [1.82, 2.24) is 0 Å². The Kier molecular flexibility index (Phi) is 15.0. The number of hydrogen-bond donors (Lipinski definition) is 0. The molecule has 0 unspecified atom stereocenters. The summed E-state index contributed by atoms with van der Waals surface area (Å²) < 4.78 is 4.90. The third kappa shape index (κ3) is 65.6. The molecule has 0 spiro atoms. The summed E-state index contributed by atoms with van der Waals surface area (Å²) in [7, 11) is 0. The lowest BCUT2D eigenvalue weighted by Gasteiger charge is -2.19. The van der Waals surface area contributed by atoms with Crippen LogP contribution in [0.15, 0.2) is 12.2 Å². The summed E-state index contributed by atoms with van der Waals surface area (Å²) in [5.74, 6) is 1.68. The van der Waals surface area contributed by atoms with Crippen LogP contribution in [0, 0.1) is 17.3 Å². The second-order valence-electron chi connectivity index (χ2n) is 9.15. The molecule has 1 nitrogen and oxygen atoms in total. The van der Waals surface area contributed by atoms with Crippen LogP contribution < -0.4 is 0 Å². The Morgan fingerprint density at radius 1 is 1.05 bits per heavy atom. The Balaban J connectivity index is -0.000000217. The fourth-order valence-corrected chi connectivity index (χ4v) is 1.37. The molecule has 0 aromatic carbocycles. The molecular formula is C20H44O. The Morgan fingerprint density at radius 3 is 1.24 bits per heavy atom. The zero-order valence-electron chi connectivity index (χ0n) is 17.2. The normalized spacial score (nSPS) is 15.0. The molecule has 1 fully saturated rings. The van der Waals surface area contributed by atoms with Gasteiger partial charge in [0, 0.05) is 0 Å². The largest absolute Gasteiger partial charge is 0.370 e. The Morgan fingerprint density at radius 2 is 1.24 bits per heavy atom. The van der Waals surface area contributed by atoms with Gasteiger partial charge < -0.3 is 4.74 Å². The molecule has 1 heteroatoms. The number of hydrogen-bond acceptors (Lipinski definition) is 1. The van der Waals surface area contributed by atoms with Crippen LogP contribution in [-0.4, -0.2) is 12.2 Å². The highest BCUT2D eigenvalue weighted by Gasteiger charge is 2.32. The Bertz CT molecular complexity index is 228. The first kappa shape index (κ1) is 25.6. The van der Waals surface area contributed by atoms with Crippen LogP contribution in [0.5, 0.6) is 0 Å². The molecule has 0 radical (unpaired) electrons. The van der Waals surface area contributed by atoms with Crippen LogP contribution in [0.3, 0.4) is 0 Å². The third-order valence-electron chi connectivity index (χ3n) is 1.74. The molecule has 1 aliphatic rings. The maximum Gasteiger partial charge on any atom is 0.0860 e. The van der Waals surface area contributed by atoms with Crippen molar-refractivity contribution in [2.75, 3.05) is 6.61 Å². The molecule has 0 bridgehead atoms.